The van der Waals surface area contributed by atoms with Crippen molar-refractivity contribution in [2.75, 3.05) is 18.1 Å². The molecule has 1 aromatic carbocycles. The van der Waals surface area contributed by atoms with Gasteiger partial charge >= 0.3 is 0 Å². The number of carbonyl (C=O) groups is 2. The van der Waals surface area contributed by atoms with Crippen molar-refractivity contribution < 1.29 is 14.0 Å². The number of nitrogens with zero attached hydrogens (tertiary/aromatic N) is 2. The summed E-state index contributed by atoms with van der Waals surface area (Å²) in [7, 11) is 0. The monoisotopic (exact) mass is 385 g/mol. The maximum absolute atomic E-state index is 12.8. The number of thioether (sulfide) groups is 2. The van der Waals surface area contributed by atoms with E-state index in [1.807, 2.05) is 6.92 Å². The summed E-state index contributed by atoms with van der Waals surface area (Å²) < 4.78 is 14.2. The van der Waals surface area contributed by atoms with Gasteiger partial charge in [0.1, 0.15) is 5.82 Å². The van der Waals surface area contributed by atoms with Gasteiger partial charge in [0.15, 0.2) is 14.5 Å². The largest absolute Gasteiger partial charge is 0.355 e. The van der Waals surface area contributed by atoms with Crippen molar-refractivity contribution in [3.8, 4) is 0 Å². The van der Waals surface area contributed by atoms with Crippen molar-refractivity contribution in [1.82, 2.24) is 15.5 Å². The van der Waals surface area contributed by atoms with Gasteiger partial charge in [-0.3, -0.25) is 9.59 Å². The Morgan fingerprint density at radius 1 is 1.12 bits per heavy atom. The van der Waals surface area contributed by atoms with E-state index in [0.29, 0.717) is 26.5 Å². The maximum Gasteiger partial charge on any atom is 0.230 e. The number of ketones is 1. The van der Waals surface area contributed by atoms with Crippen LogP contribution >= 0.6 is 34.9 Å². The lowest BCUT2D eigenvalue weighted by Gasteiger charge is -2.00. The van der Waals surface area contributed by atoms with Crippen LogP contribution < -0.4 is 5.32 Å². The molecule has 5 nitrogen and oxygen atoms in total. The maximum atomic E-state index is 12.8. The lowest BCUT2D eigenvalue weighted by Crippen LogP contribution is -2.25. The molecule has 2 rings (SSSR count). The third kappa shape index (κ3) is 6.21. The molecule has 24 heavy (non-hydrogen) atoms. The molecule has 0 fully saturated rings. The summed E-state index contributed by atoms with van der Waals surface area (Å²) in [5, 5.41) is 10.8. The second-order valence-electron chi connectivity index (χ2n) is 4.69. The number of hydrogen-bond acceptors (Lipinski definition) is 7. The predicted molar refractivity (Wildman–Crippen MR) is 95.4 cm³/mol. The van der Waals surface area contributed by atoms with Crippen LogP contribution in [0.5, 0.6) is 0 Å². The van der Waals surface area contributed by atoms with Gasteiger partial charge in [0.25, 0.3) is 0 Å². The van der Waals surface area contributed by atoms with E-state index in [-0.39, 0.29) is 23.3 Å². The standard InChI is InChI=1S/C15H16FN3O2S3/c1-2-7-17-13(21)9-23-15-19-18-14(24-15)22-8-12(20)10-3-5-11(16)6-4-10/h3-6H,2,7-9H2,1H3,(H,17,21). The Balaban J connectivity index is 1.78. The summed E-state index contributed by atoms with van der Waals surface area (Å²) in [4.78, 5) is 23.5. The first-order valence-electron chi connectivity index (χ1n) is 7.23. The number of nitrogens with one attached hydrogen (secondary N) is 1. The van der Waals surface area contributed by atoms with E-state index in [9.17, 15) is 14.0 Å². The number of carbonyl (C=O) groups excluding carboxylic acids is 2. The van der Waals surface area contributed by atoms with Crippen LogP contribution in [0.2, 0.25) is 0 Å². The first-order chi connectivity index (χ1) is 11.6. The van der Waals surface area contributed by atoms with Gasteiger partial charge in [-0.25, -0.2) is 4.39 Å². The van der Waals surface area contributed by atoms with Crippen molar-refractivity contribution in [2.24, 2.45) is 0 Å². The highest BCUT2D eigenvalue weighted by Crippen LogP contribution is 2.29. The minimum absolute atomic E-state index is 0.0299. The summed E-state index contributed by atoms with van der Waals surface area (Å²) >= 11 is 3.96. The molecule has 0 aliphatic heterocycles. The third-order valence-electron chi connectivity index (χ3n) is 2.78. The van der Waals surface area contributed by atoms with Crippen LogP contribution in [0.3, 0.4) is 0 Å². The summed E-state index contributed by atoms with van der Waals surface area (Å²) in [6.45, 7) is 2.66. The highest BCUT2D eigenvalue weighted by Gasteiger charge is 2.11. The molecule has 0 atom stereocenters. The molecule has 9 heteroatoms. The van der Waals surface area contributed by atoms with Crippen molar-refractivity contribution >= 4 is 46.6 Å². The molecule has 0 radical (unpaired) electrons. The Labute approximate surface area is 151 Å². The van der Waals surface area contributed by atoms with Crippen LogP contribution in [0.1, 0.15) is 23.7 Å². The van der Waals surface area contributed by atoms with E-state index < -0.39 is 0 Å². The second kappa shape index (κ2) is 9.75. The SMILES string of the molecule is CCCNC(=O)CSc1nnc(SCC(=O)c2ccc(F)cc2)s1. The van der Waals surface area contributed by atoms with E-state index >= 15 is 0 Å². The molecule has 0 aliphatic rings. The second-order valence-corrected chi connectivity index (χ2v) is 8.11. The molecule has 2 aromatic rings. The number of benzene rings is 1. The van der Waals surface area contributed by atoms with Gasteiger partial charge in [0.2, 0.25) is 5.91 Å². The van der Waals surface area contributed by atoms with E-state index in [1.165, 1.54) is 59.1 Å². The molecule has 128 valence electrons. The molecule has 1 heterocycles. The number of aromatic nitrogens is 2. The van der Waals surface area contributed by atoms with E-state index in [0.717, 1.165) is 6.42 Å². The first kappa shape index (κ1) is 18.9. The third-order valence-corrected chi connectivity index (χ3v) is 5.97. The number of halogens is 1. The fourth-order valence-corrected chi connectivity index (χ4v) is 4.35. The lowest BCUT2D eigenvalue weighted by atomic mass is 10.1. The molecule has 1 aromatic heterocycles. The van der Waals surface area contributed by atoms with E-state index in [4.69, 9.17) is 0 Å². The van der Waals surface area contributed by atoms with Crippen LogP contribution in [0.4, 0.5) is 4.39 Å². The lowest BCUT2D eigenvalue weighted by molar-refractivity contribution is -0.118. The number of Topliss-reactive ketones (excluding diaryl/α,β-unsaturated/α-hetero) is 1. The van der Waals surface area contributed by atoms with E-state index in [2.05, 4.69) is 15.5 Å². The molecule has 0 saturated heterocycles. The smallest absolute Gasteiger partial charge is 0.230 e. The summed E-state index contributed by atoms with van der Waals surface area (Å²) in [5.41, 5.74) is 0.468. The summed E-state index contributed by atoms with van der Waals surface area (Å²) in [6, 6.07) is 5.46. The zero-order valence-corrected chi connectivity index (χ0v) is 15.4. The summed E-state index contributed by atoms with van der Waals surface area (Å²) in [6.07, 6.45) is 0.901. The molecule has 0 unspecified atom stereocenters. The highest BCUT2D eigenvalue weighted by atomic mass is 32.2. The van der Waals surface area contributed by atoms with Gasteiger partial charge in [0, 0.05) is 12.1 Å². The molecular weight excluding hydrogens is 369 g/mol. The Morgan fingerprint density at radius 3 is 2.38 bits per heavy atom. The first-order valence-corrected chi connectivity index (χ1v) is 10.0. The quantitative estimate of drug-likeness (QED) is 0.528. The van der Waals surface area contributed by atoms with Gasteiger partial charge in [-0.15, -0.1) is 10.2 Å². The van der Waals surface area contributed by atoms with E-state index in [1.54, 1.807) is 0 Å². The number of hydrogen-bond donors (Lipinski definition) is 1. The van der Waals surface area contributed by atoms with Gasteiger partial charge in [-0.05, 0) is 30.7 Å². The fraction of sp³-hybridized carbons (Fsp3) is 0.333. The van der Waals surface area contributed by atoms with Crippen molar-refractivity contribution in [1.29, 1.82) is 0 Å². The Kier molecular flexibility index (Phi) is 7.67. The van der Waals surface area contributed by atoms with Gasteiger partial charge in [-0.2, -0.15) is 0 Å². The van der Waals surface area contributed by atoms with Gasteiger partial charge in [-0.1, -0.05) is 41.8 Å². The van der Waals surface area contributed by atoms with Gasteiger partial charge < -0.3 is 5.32 Å². The van der Waals surface area contributed by atoms with Crippen LogP contribution in [0.25, 0.3) is 0 Å². The predicted octanol–water partition coefficient (Wildman–Crippen LogP) is 3.27. The normalized spacial score (nSPS) is 10.6. The van der Waals surface area contributed by atoms with Crippen molar-refractivity contribution in [2.45, 2.75) is 22.0 Å². The molecular formula is C15H16FN3O2S3. The molecule has 1 N–H and O–H groups in total. The zero-order chi connectivity index (χ0) is 17.4. The zero-order valence-electron chi connectivity index (χ0n) is 13.0. The number of amides is 1. The Morgan fingerprint density at radius 2 is 1.75 bits per heavy atom. The molecule has 1 amide bonds. The molecule has 0 aliphatic carbocycles. The van der Waals surface area contributed by atoms with Crippen LogP contribution in [0, 0.1) is 5.82 Å². The average molecular weight is 386 g/mol. The van der Waals surface area contributed by atoms with Crippen molar-refractivity contribution in [3.05, 3.63) is 35.6 Å². The van der Waals surface area contributed by atoms with Crippen LogP contribution in [-0.2, 0) is 4.79 Å². The number of rotatable bonds is 9. The van der Waals surface area contributed by atoms with Crippen LogP contribution in [-0.4, -0.2) is 39.9 Å². The Bertz CT molecular complexity index is 692. The minimum atomic E-state index is -0.368. The topological polar surface area (TPSA) is 72.0 Å². The highest BCUT2D eigenvalue weighted by molar-refractivity contribution is 8.03. The fourth-order valence-electron chi connectivity index (χ4n) is 1.60. The van der Waals surface area contributed by atoms with Crippen molar-refractivity contribution in [3.63, 3.8) is 0 Å². The van der Waals surface area contributed by atoms with Gasteiger partial charge in [0.05, 0.1) is 11.5 Å². The minimum Gasteiger partial charge on any atom is -0.355 e. The molecule has 0 spiro atoms. The summed E-state index contributed by atoms with van der Waals surface area (Å²) in [5.74, 6) is 0.0180. The van der Waals surface area contributed by atoms with Crippen LogP contribution in [0.15, 0.2) is 32.9 Å². The molecule has 0 saturated carbocycles. The Hall–Kier alpha value is -1.45. The average Bonchev–Trinajstić information content (AvgIpc) is 3.04. The molecule has 0 bridgehead atoms.